The molecule has 4 nitrogen and oxygen atoms in total. The number of halogens is 1. The maximum atomic E-state index is 12.3. The van der Waals surface area contributed by atoms with Crippen LogP contribution in [0.3, 0.4) is 0 Å². The molecule has 22 heavy (non-hydrogen) atoms. The fraction of sp³-hybridized carbons (Fsp3) is 0.133. The molecule has 1 aromatic carbocycles. The Morgan fingerprint density at radius 2 is 2.05 bits per heavy atom. The molecule has 0 radical (unpaired) electrons. The molecule has 0 N–H and O–H groups in total. The van der Waals surface area contributed by atoms with Gasteiger partial charge < -0.3 is 0 Å². The SMILES string of the molecule is C[C@@H]1S/C(=N/N=C\c2cccs2)N(c2ccc(Cl)cc2)C1=O. The summed E-state index contributed by atoms with van der Waals surface area (Å²) < 4.78 is 0. The van der Waals surface area contributed by atoms with E-state index in [1.54, 1.807) is 46.7 Å². The van der Waals surface area contributed by atoms with Crippen LogP contribution in [0.25, 0.3) is 0 Å². The second-order valence-electron chi connectivity index (χ2n) is 4.55. The minimum absolute atomic E-state index is 0.00241. The molecule has 0 saturated carbocycles. The van der Waals surface area contributed by atoms with Gasteiger partial charge in [-0.05, 0) is 42.6 Å². The Kier molecular flexibility index (Phi) is 4.61. The number of thioether (sulfide) groups is 1. The van der Waals surface area contributed by atoms with Gasteiger partial charge in [0.15, 0.2) is 5.17 Å². The highest BCUT2D eigenvalue weighted by molar-refractivity contribution is 8.16. The summed E-state index contributed by atoms with van der Waals surface area (Å²) >= 11 is 8.88. The van der Waals surface area contributed by atoms with Gasteiger partial charge in [0, 0.05) is 9.90 Å². The first-order valence-electron chi connectivity index (χ1n) is 6.56. The highest BCUT2D eigenvalue weighted by Gasteiger charge is 2.36. The third-order valence-electron chi connectivity index (χ3n) is 3.00. The smallest absolute Gasteiger partial charge is 0.246 e. The van der Waals surface area contributed by atoms with Gasteiger partial charge in [0.05, 0.1) is 17.2 Å². The molecule has 3 rings (SSSR count). The molecule has 1 atom stereocenters. The number of nitrogens with zero attached hydrogens (tertiary/aromatic N) is 3. The zero-order chi connectivity index (χ0) is 15.5. The van der Waals surface area contributed by atoms with E-state index in [2.05, 4.69) is 10.2 Å². The zero-order valence-corrected chi connectivity index (χ0v) is 14.0. The van der Waals surface area contributed by atoms with Gasteiger partial charge in [-0.2, -0.15) is 5.10 Å². The number of amides is 1. The van der Waals surface area contributed by atoms with E-state index in [1.165, 1.54) is 11.8 Å². The van der Waals surface area contributed by atoms with E-state index in [4.69, 9.17) is 11.6 Å². The number of amidine groups is 1. The minimum atomic E-state index is -0.175. The molecule has 0 spiro atoms. The second-order valence-corrected chi connectivity index (χ2v) is 7.28. The molecule has 1 fully saturated rings. The first-order chi connectivity index (χ1) is 10.6. The average Bonchev–Trinajstić information content (AvgIpc) is 3.10. The van der Waals surface area contributed by atoms with E-state index in [0.29, 0.717) is 10.2 Å². The van der Waals surface area contributed by atoms with Gasteiger partial charge >= 0.3 is 0 Å². The number of hydrogen-bond donors (Lipinski definition) is 0. The molecule has 2 heterocycles. The number of anilines is 1. The van der Waals surface area contributed by atoms with Crippen molar-refractivity contribution in [1.82, 2.24) is 0 Å². The summed E-state index contributed by atoms with van der Waals surface area (Å²) in [5.74, 6) is -0.00241. The maximum Gasteiger partial charge on any atom is 0.246 e. The number of hydrogen-bond acceptors (Lipinski definition) is 5. The molecule has 2 aromatic rings. The van der Waals surface area contributed by atoms with E-state index in [1.807, 2.05) is 24.4 Å². The van der Waals surface area contributed by atoms with Crippen molar-refractivity contribution in [3.05, 3.63) is 51.7 Å². The highest BCUT2D eigenvalue weighted by atomic mass is 35.5. The van der Waals surface area contributed by atoms with Crippen molar-refractivity contribution in [2.24, 2.45) is 10.2 Å². The molecule has 0 bridgehead atoms. The monoisotopic (exact) mass is 349 g/mol. The van der Waals surface area contributed by atoms with Crippen LogP contribution in [0, 0.1) is 0 Å². The Balaban J connectivity index is 1.88. The third-order valence-corrected chi connectivity index (χ3v) is 5.09. The average molecular weight is 350 g/mol. The van der Waals surface area contributed by atoms with Crippen LogP contribution in [0.4, 0.5) is 5.69 Å². The molecule has 7 heteroatoms. The standard InChI is InChI=1S/C15H12ClN3OS2/c1-10-14(20)19(12-6-4-11(16)5-7-12)15(22-10)18-17-9-13-3-2-8-21-13/h2-10H,1H3/b17-9-,18-15+/t10-/m0/s1. The molecule has 1 amide bonds. The molecular weight excluding hydrogens is 338 g/mol. The lowest BCUT2D eigenvalue weighted by Crippen LogP contribution is -2.31. The number of rotatable bonds is 3. The van der Waals surface area contributed by atoms with Gasteiger partial charge in [0.2, 0.25) is 5.91 Å². The summed E-state index contributed by atoms with van der Waals surface area (Å²) in [5, 5.41) is 11.3. The van der Waals surface area contributed by atoms with Crippen molar-refractivity contribution < 1.29 is 4.79 Å². The molecule has 1 saturated heterocycles. The number of benzene rings is 1. The maximum absolute atomic E-state index is 12.3. The van der Waals surface area contributed by atoms with Crippen LogP contribution in [-0.4, -0.2) is 22.5 Å². The van der Waals surface area contributed by atoms with E-state index < -0.39 is 0 Å². The van der Waals surface area contributed by atoms with Gasteiger partial charge in [-0.1, -0.05) is 29.4 Å². The number of carbonyl (C=O) groups is 1. The first kappa shape index (κ1) is 15.3. The van der Waals surface area contributed by atoms with Gasteiger partial charge in [0.25, 0.3) is 0 Å². The Morgan fingerprint density at radius 1 is 1.27 bits per heavy atom. The van der Waals surface area contributed by atoms with Crippen molar-refractivity contribution in [2.45, 2.75) is 12.2 Å². The predicted octanol–water partition coefficient (Wildman–Crippen LogP) is 4.26. The molecular formula is C15H12ClN3OS2. The fourth-order valence-corrected chi connectivity index (χ4v) is 3.56. The quantitative estimate of drug-likeness (QED) is 0.614. The third kappa shape index (κ3) is 3.24. The summed E-state index contributed by atoms with van der Waals surface area (Å²) in [4.78, 5) is 14.9. The largest absolute Gasteiger partial charge is 0.273 e. The fourth-order valence-electron chi connectivity index (χ4n) is 1.93. The van der Waals surface area contributed by atoms with Crippen molar-refractivity contribution in [1.29, 1.82) is 0 Å². The van der Waals surface area contributed by atoms with E-state index in [0.717, 1.165) is 10.6 Å². The molecule has 1 aliphatic rings. The van der Waals surface area contributed by atoms with Crippen LogP contribution in [0.1, 0.15) is 11.8 Å². The normalized spacial score (nSPS) is 20.5. The van der Waals surface area contributed by atoms with Crippen molar-refractivity contribution in [2.75, 3.05) is 4.90 Å². The van der Waals surface area contributed by atoms with Gasteiger partial charge in [-0.3, -0.25) is 9.69 Å². The summed E-state index contributed by atoms with van der Waals surface area (Å²) in [7, 11) is 0. The van der Waals surface area contributed by atoms with Crippen LogP contribution in [0.2, 0.25) is 5.02 Å². The van der Waals surface area contributed by atoms with Crippen LogP contribution in [-0.2, 0) is 4.79 Å². The lowest BCUT2D eigenvalue weighted by Gasteiger charge is -2.15. The second kappa shape index (κ2) is 6.64. The Bertz CT molecular complexity index is 726. The molecule has 0 aliphatic carbocycles. The zero-order valence-electron chi connectivity index (χ0n) is 11.6. The van der Waals surface area contributed by atoms with Crippen LogP contribution < -0.4 is 4.90 Å². The van der Waals surface area contributed by atoms with Crippen LogP contribution in [0.5, 0.6) is 0 Å². The Morgan fingerprint density at radius 3 is 2.73 bits per heavy atom. The number of carbonyl (C=O) groups excluding carboxylic acids is 1. The molecule has 112 valence electrons. The van der Waals surface area contributed by atoms with Crippen molar-refractivity contribution in [3.8, 4) is 0 Å². The van der Waals surface area contributed by atoms with E-state index in [9.17, 15) is 4.79 Å². The highest BCUT2D eigenvalue weighted by Crippen LogP contribution is 2.32. The molecule has 0 unspecified atom stereocenters. The molecule has 1 aromatic heterocycles. The van der Waals surface area contributed by atoms with Gasteiger partial charge in [0.1, 0.15) is 0 Å². The lowest BCUT2D eigenvalue weighted by molar-refractivity contribution is -0.116. The lowest BCUT2D eigenvalue weighted by atomic mass is 10.3. The van der Waals surface area contributed by atoms with Crippen LogP contribution in [0.15, 0.2) is 52.0 Å². The first-order valence-corrected chi connectivity index (χ1v) is 8.69. The van der Waals surface area contributed by atoms with E-state index >= 15 is 0 Å². The topological polar surface area (TPSA) is 45.0 Å². The Hall–Kier alpha value is -1.63. The van der Waals surface area contributed by atoms with Crippen molar-refractivity contribution in [3.63, 3.8) is 0 Å². The summed E-state index contributed by atoms with van der Waals surface area (Å²) in [6, 6.07) is 11.0. The Labute approximate surface area is 141 Å². The van der Waals surface area contributed by atoms with Gasteiger partial charge in [-0.25, -0.2) is 0 Å². The summed E-state index contributed by atoms with van der Waals surface area (Å²) in [6.07, 6.45) is 1.69. The predicted molar refractivity (Wildman–Crippen MR) is 95.3 cm³/mol. The number of thiophene rings is 1. The van der Waals surface area contributed by atoms with E-state index in [-0.39, 0.29) is 11.2 Å². The molecule has 1 aliphatic heterocycles. The minimum Gasteiger partial charge on any atom is -0.273 e. The van der Waals surface area contributed by atoms with Gasteiger partial charge in [-0.15, -0.1) is 16.4 Å². The summed E-state index contributed by atoms with van der Waals surface area (Å²) in [5.41, 5.74) is 0.747. The summed E-state index contributed by atoms with van der Waals surface area (Å²) in [6.45, 7) is 1.86. The van der Waals surface area contributed by atoms with Crippen LogP contribution >= 0.6 is 34.7 Å². The van der Waals surface area contributed by atoms with Crippen molar-refractivity contribution >= 4 is 57.7 Å².